The molecule has 2 heterocycles. The molecule has 138 valence electrons. The third kappa shape index (κ3) is 3.45. The first-order valence-corrected chi connectivity index (χ1v) is 9.55. The Morgan fingerprint density at radius 1 is 0.926 bits per heavy atom. The van der Waals surface area contributed by atoms with E-state index in [0.717, 1.165) is 38.0 Å². The van der Waals surface area contributed by atoms with Crippen LogP contribution in [-0.2, 0) is 21.5 Å². The number of likely N-dealkylation sites (tertiary alicyclic amines) is 1. The van der Waals surface area contributed by atoms with Crippen LogP contribution in [0.15, 0.2) is 72.8 Å². The predicted octanol–water partition coefficient (Wildman–Crippen LogP) is 3.05. The van der Waals surface area contributed by atoms with Gasteiger partial charge in [0.25, 0.3) is 0 Å². The Kier molecular flexibility index (Phi) is 4.90. The molecule has 2 aliphatic heterocycles. The van der Waals surface area contributed by atoms with Gasteiger partial charge in [-0.2, -0.15) is 0 Å². The standard InChI is InChI=1S/C23H24N2O2/c26-21-11-14-23(22(27)24-21,19-9-5-2-6-10-19)20-12-15-25(16-13-20)17-18-7-3-1-4-8-18/h1-11,14,20H,12-13,15-17H2,(H,24,26,27). The SMILES string of the molecule is O=C1C=CC(c2ccccc2)(C2CCN(Cc3ccccc3)CC2)C(=O)N1. The molecule has 4 heteroatoms. The lowest BCUT2D eigenvalue weighted by atomic mass is 9.65. The van der Waals surface area contributed by atoms with Gasteiger partial charge in [-0.15, -0.1) is 0 Å². The third-order valence-electron chi connectivity index (χ3n) is 5.84. The smallest absolute Gasteiger partial charge is 0.250 e. The van der Waals surface area contributed by atoms with Crippen molar-refractivity contribution in [2.75, 3.05) is 13.1 Å². The summed E-state index contributed by atoms with van der Waals surface area (Å²) in [5.41, 5.74) is 1.52. The fourth-order valence-corrected chi connectivity index (χ4v) is 4.43. The second-order valence-corrected chi connectivity index (χ2v) is 7.42. The number of nitrogens with one attached hydrogen (secondary N) is 1. The Bertz CT molecular complexity index is 839. The molecule has 0 aliphatic carbocycles. The number of hydrogen-bond acceptors (Lipinski definition) is 3. The summed E-state index contributed by atoms with van der Waals surface area (Å²) in [6, 6.07) is 20.3. The molecule has 0 spiro atoms. The Morgan fingerprint density at radius 2 is 1.56 bits per heavy atom. The number of imide groups is 1. The molecular formula is C23H24N2O2. The first-order chi connectivity index (χ1) is 13.2. The van der Waals surface area contributed by atoms with Crippen LogP contribution >= 0.6 is 0 Å². The zero-order valence-electron chi connectivity index (χ0n) is 15.3. The number of carbonyl (C=O) groups excluding carboxylic acids is 2. The highest BCUT2D eigenvalue weighted by molar-refractivity contribution is 6.09. The molecule has 1 N–H and O–H groups in total. The second kappa shape index (κ2) is 7.49. The zero-order chi connectivity index (χ0) is 18.7. The molecule has 2 aromatic carbocycles. The number of carbonyl (C=O) groups is 2. The van der Waals surface area contributed by atoms with E-state index in [-0.39, 0.29) is 17.7 Å². The van der Waals surface area contributed by atoms with Gasteiger partial charge in [0.05, 0.1) is 5.41 Å². The Labute approximate surface area is 159 Å². The minimum absolute atomic E-state index is 0.177. The van der Waals surface area contributed by atoms with Crippen LogP contribution in [0.2, 0.25) is 0 Å². The van der Waals surface area contributed by atoms with E-state index >= 15 is 0 Å². The summed E-state index contributed by atoms with van der Waals surface area (Å²) in [6.07, 6.45) is 5.20. The lowest BCUT2D eigenvalue weighted by Gasteiger charge is -2.43. The van der Waals surface area contributed by atoms with Crippen molar-refractivity contribution in [2.24, 2.45) is 5.92 Å². The van der Waals surface area contributed by atoms with Crippen molar-refractivity contribution in [1.82, 2.24) is 10.2 Å². The normalized spacial score (nSPS) is 24.0. The van der Waals surface area contributed by atoms with Crippen molar-refractivity contribution in [3.8, 4) is 0 Å². The number of piperidine rings is 1. The summed E-state index contributed by atoms with van der Waals surface area (Å²) >= 11 is 0. The summed E-state index contributed by atoms with van der Waals surface area (Å²) in [5.74, 6) is -0.341. The second-order valence-electron chi connectivity index (χ2n) is 7.42. The summed E-state index contributed by atoms with van der Waals surface area (Å²) in [4.78, 5) is 27.2. The topological polar surface area (TPSA) is 49.4 Å². The van der Waals surface area contributed by atoms with Gasteiger partial charge in [0.1, 0.15) is 0 Å². The maximum absolute atomic E-state index is 13.0. The molecule has 0 bridgehead atoms. The molecule has 1 unspecified atom stereocenters. The zero-order valence-corrected chi connectivity index (χ0v) is 15.3. The summed E-state index contributed by atoms with van der Waals surface area (Å²) in [6.45, 7) is 2.83. The van der Waals surface area contributed by atoms with Crippen molar-refractivity contribution >= 4 is 11.8 Å². The highest BCUT2D eigenvalue weighted by Gasteiger charge is 2.48. The van der Waals surface area contributed by atoms with Gasteiger partial charge in [-0.05, 0) is 43.0 Å². The molecule has 2 aromatic rings. The van der Waals surface area contributed by atoms with E-state index in [2.05, 4.69) is 34.5 Å². The van der Waals surface area contributed by atoms with Crippen LogP contribution < -0.4 is 5.32 Å². The number of hydrogen-bond donors (Lipinski definition) is 1. The van der Waals surface area contributed by atoms with Gasteiger partial charge in [-0.3, -0.25) is 19.8 Å². The summed E-state index contributed by atoms with van der Waals surface area (Å²) in [5, 5.41) is 2.54. The molecule has 0 radical (unpaired) electrons. The molecule has 4 rings (SSSR count). The molecule has 1 atom stereocenters. The number of nitrogens with zero attached hydrogens (tertiary/aromatic N) is 1. The fraction of sp³-hybridized carbons (Fsp3) is 0.304. The van der Waals surface area contributed by atoms with Gasteiger partial charge < -0.3 is 0 Å². The molecule has 1 fully saturated rings. The molecule has 2 amide bonds. The first kappa shape index (κ1) is 17.7. The maximum atomic E-state index is 13.0. The first-order valence-electron chi connectivity index (χ1n) is 9.55. The van der Waals surface area contributed by atoms with Crippen molar-refractivity contribution in [3.05, 3.63) is 83.9 Å². The minimum Gasteiger partial charge on any atom is -0.299 e. The lowest BCUT2D eigenvalue weighted by molar-refractivity contribution is -0.133. The molecule has 4 nitrogen and oxygen atoms in total. The molecule has 0 aromatic heterocycles. The van der Waals surface area contributed by atoms with Crippen molar-refractivity contribution in [1.29, 1.82) is 0 Å². The van der Waals surface area contributed by atoms with Crippen LogP contribution in [0, 0.1) is 5.92 Å². The minimum atomic E-state index is -0.756. The monoisotopic (exact) mass is 360 g/mol. The lowest BCUT2D eigenvalue weighted by Crippen LogP contribution is -2.54. The molecule has 27 heavy (non-hydrogen) atoms. The molecular weight excluding hydrogens is 336 g/mol. The van der Waals surface area contributed by atoms with E-state index in [9.17, 15) is 9.59 Å². The number of amides is 2. The van der Waals surface area contributed by atoms with Gasteiger partial charge >= 0.3 is 0 Å². The molecule has 2 aliphatic rings. The Morgan fingerprint density at radius 3 is 2.19 bits per heavy atom. The van der Waals surface area contributed by atoms with E-state index in [0.29, 0.717) is 0 Å². The predicted molar refractivity (Wildman–Crippen MR) is 105 cm³/mol. The van der Waals surface area contributed by atoms with E-state index in [1.54, 1.807) is 0 Å². The molecule has 1 saturated heterocycles. The van der Waals surface area contributed by atoms with Crippen LogP contribution in [0.1, 0.15) is 24.0 Å². The average molecular weight is 360 g/mol. The van der Waals surface area contributed by atoms with E-state index in [1.165, 1.54) is 11.6 Å². The van der Waals surface area contributed by atoms with Crippen molar-refractivity contribution < 1.29 is 9.59 Å². The Hall–Kier alpha value is -2.72. The largest absolute Gasteiger partial charge is 0.299 e. The van der Waals surface area contributed by atoms with Gasteiger partial charge in [-0.25, -0.2) is 0 Å². The van der Waals surface area contributed by atoms with Crippen molar-refractivity contribution in [3.63, 3.8) is 0 Å². The fourth-order valence-electron chi connectivity index (χ4n) is 4.43. The van der Waals surface area contributed by atoms with Gasteiger partial charge in [0.15, 0.2) is 0 Å². The average Bonchev–Trinajstić information content (AvgIpc) is 2.71. The van der Waals surface area contributed by atoms with Crippen LogP contribution in [0.4, 0.5) is 0 Å². The number of benzene rings is 2. The highest BCUT2D eigenvalue weighted by Crippen LogP contribution is 2.41. The van der Waals surface area contributed by atoms with Crippen LogP contribution in [0.3, 0.4) is 0 Å². The number of rotatable bonds is 4. The highest BCUT2D eigenvalue weighted by atomic mass is 16.2. The molecule has 0 saturated carbocycles. The van der Waals surface area contributed by atoms with Crippen LogP contribution in [-0.4, -0.2) is 29.8 Å². The van der Waals surface area contributed by atoms with Crippen LogP contribution in [0.5, 0.6) is 0 Å². The summed E-state index contributed by atoms with van der Waals surface area (Å²) < 4.78 is 0. The van der Waals surface area contributed by atoms with Gasteiger partial charge in [0.2, 0.25) is 11.8 Å². The van der Waals surface area contributed by atoms with Gasteiger partial charge in [-0.1, -0.05) is 66.7 Å². The summed E-state index contributed by atoms with van der Waals surface area (Å²) in [7, 11) is 0. The van der Waals surface area contributed by atoms with E-state index in [1.807, 2.05) is 42.5 Å². The maximum Gasteiger partial charge on any atom is 0.250 e. The van der Waals surface area contributed by atoms with Crippen molar-refractivity contribution in [2.45, 2.75) is 24.8 Å². The van der Waals surface area contributed by atoms with Crippen LogP contribution in [0.25, 0.3) is 0 Å². The quantitative estimate of drug-likeness (QED) is 0.853. The van der Waals surface area contributed by atoms with E-state index < -0.39 is 5.41 Å². The van der Waals surface area contributed by atoms with E-state index in [4.69, 9.17) is 0 Å². The van der Waals surface area contributed by atoms with Gasteiger partial charge in [0, 0.05) is 12.6 Å². The third-order valence-corrected chi connectivity index (χ3v) is 5.84. The Balaban J connectivity index is 1.55.